The number of aryl methyl sites for hydroxylation is 2. The molecule has 68 valence electrons. The van der Waals surface area contributed by atoms with Crippen molar-refractivity contribution in [2.45, 2.75) is 13.8 Å². The first kappa shape index (κ1) is 7.97. The summed E-state index contributed by atoms with van der Waals surface area (Å²) in [6.07, 6.45) is 1.41. The average molecular weight is 178 g/mol. The van der Waals surface area contributed by atoms with Gasteiger partial charge >= 0.3 is 0 Å². The first-order valence-electron chi connectivity index (χ1n) is 3.96. The number of nitrogens with zero attached hydrogens (tertiary/aromatic N) is 4. The molecule has 0 aromatic carbocycles. The Hall–Kier alpha value is -1.65. The van der Waals surface area contributed by atoms with Gasteiger partial charge in [-0.05, 0) is 13.8 Å². The zero-order valence-electron chi connectivity index (χ0n) is 7.77. The van der Waals surface area contributed by atoms with Crippen LogP contribution >= 0.6 is 0 Å². The highest BCUT2D eigenvalue weighted by Crippen LogP contribution is 2.19. The highest BCUT2D eigenvalue weighted by atomic mass is 16.3. The molecular weight excluding hydrogens is 168 g/mol. The number of oxazole rings is 1. The molecule has 0 aliphatic carbocycles. The molecule has 0 fully saturated rings. The molecule has 2 aromatic heterocycles. The third kappa shape index (κ3) is 1.12. The number of hydrogen-bond acceptors (Lipinski definition) is 4. The van der Waals surface area contributed by atoms with Gasteiger partial charge in [0.15, 0.2) is 12.2 Å². The molecule has 0 N–H and O–H groups in total. The summed E-state index contributed by atoms with van der Waals surface area (Å²) in [6.45, 7) is 3.77. The summed E-state index contributed by atoms with van der Waals surface area (Å²) in [4.78, 5) is 4.00. The normalized spacial score (nSPS) is 10.7. The van der Waals surface area contributed by atoms with E-state index < -0.39 is 0 Å². The fourth-order valence-corrected chi connectivity index (χ4v) is 1.12. The third-order valence-electron chi connectivity index (χ3n) is 2.04. The van der Waals surface area contributed by atoms with E-state index in [1.54, 1.807) is 0 Å². The summed E-state index contributed by atoms with van der Waals surface area (Å²) in [5.74, 6) is 2.25. The van der Waals surface area contributed by atoms with Gasteiger partial charge in [0, 0.05) is 7.05 Å². The van der Waals surface area contributed by atoms with E-state index in [-0.39, 0.29) is 0 Å². The number of rotatable bonds is 1. The minimum atomic E-state index is 0.683. The molecule has 2 aromatic rings. The SMILES string of the molecule is Cc1ncoc1-c1nnc(C)n1C. The Morgan fingerprint density at radius 1 is 1.31 bits per heavy atom. The molecule has 0 aliphatic rings. The van der Waals surface area contributed by atoms with Gasteiger partial charge in [0.05, 0.1) is 5.69 Å². The van der Waals surface area contributed by atoms with E-state index in [1.807, 2.05) is 25.5 Å². The van der Waals surface area contributed by atoms with Gasteiger partial charge in [-0.3, -0.25) is 0 Å². The van der Waals surface area contributed by atoms with Crippen molar-refractivity contribution in [1.29, 1.82) is 0 Å². The molecule has 5 nitrogen and oxygen atoms in total. The van der Waals surface area contributed by atoms with Gasteiger partial charge in [-0.25, -0.2) is 4.98 Å². The minimum Gasteiger partial charge on any atom is -0.440 e. The van der Waals surface area contributed by atoms with E-state index in [2.05, 4.69) is 15.2 Å². The highest BCUT2D eigenvalue weighted by Gasteiger charge is 2.13. The Labute approximate surface area is 75.4 Å². The van der Waals surface area contributed by atoms with Crippen LogP contribution in [0.25, 0.3) is 11.6 Å². The van der Waals surface area contributed by atoms with Gasteiger partial charge in [0.1, 0.15) is 5.82 Å². The zero-order chi connectivity index (χ0) is 9.42. The van der Waals surface area contributed by atoms with E-state index in [9.17, 15) is 0 Å². The van der Waals surface area contributed by atoms with Crippen LogP contribution in [0, 0.1) is 13.8 Å². The topological polar surface area (TPSA) is 56.7 Å². The second-order valence-corrected chi connectivity index (χ2v) is 2.90. The fourth-order valence-electron chi connectivity index (χ4n) is 1.12. The molecular formula is C8H10N4O. The fraction of sp³-hybridized carbons (Fsp3) is 0.375. The highest BCUT2D eigenvalue weighted by molar-refractivity contribution is 5.49. The van der Waals surface area contributed by atoms with E-state index in [0.717, 1.165) is 11.5 Å². The minimum absolute atomic E-state index is 0.683. The smallest absolute Gasteiger partial charge is 0.201 e. The Morgan fingerprint density at radius 3 is 2.54 bits per heavy atom. The Bertz CT molecular complexity index is 429. The summed E-state index contributed by atoms with van der Waals surface area (Å²) in [7, 11) is 1.90. The maximum absolute atomic E-state index is 5.21. The Morgan fingerprint density at radius 2 is 2.08 bits per heavy atom. The van der Waals surface area contributed by atoms with E-state index >= 15 is 0 Å². The van der Waals surface area contributed by atoms with Gasteiger partial charge in [0.25, 0.3) is 0 Å². The van der Waals surface area contributed by atoms with Crippen LogP contribution in [0.4, 0.5) is 0 Å². The molecule has 0 saturated heterocycles. The van der Waals surface area contributed by atoms with Crippen LogP contribution < -0.4 is 0 Å². The molecule has 5 heteroatoms. The van der Waals surface area contributed by atoms with Crippen molar-refractivity contribution in [2.75, 3.05) is 0 Å². The van der Waals surface area contributed by atoms with Crippen molar-refractivity contribution in [1.82, 2.24) is 19.7 Å². The van der Waals surface area contributed by atoms with E-state index in [4.69, 9.17) is 4.42 Å². The molecule has 0 amide bonds. The summed E-state index contributed by atoms with van der Waals surface area (Å²) in [6, 6.07) is 0. The van der Waals surface area contributed by atoms with Crippen LogP contribution in [-0.2, 0) is 7.05 Å². The van der Waals surface area contributed by atoms with Crippen molar-refractivity contribution in [2.24, 2.45) is 7.05 Å². The first-order valence-corrected chi connectivity index (χ1v) is 3.96. The summed E-state index contributed by atoms with van der Waals surface area (Å²) in [5, 5.41) is 7.94. The first-order chi connectivity index (χ1) is 6.20. The number of hydrogen-bond donors (Lipinski definition) is 0. The average Bonchev–Trinajstić information content (AvgIpc) is 2.62. The van der Waals surface area contributed by atoms with Crippen LogP contribution in [0.5, 0.6) is 0 Å². The van der Waals surface area contributed by atoms with Crippen molar-refractivity contribution in [3.8, 4) is 11.6 Å². The molecule has 0 bridgehead atoms. The van der Waals surface area contributed by atoms with E-state index in [0.29, 0.717) is 11.6 Å². The molecule has 2 rings (SSSR count). The van der Waals surface area contributed by atoms with E-state index in [1.165, 1.54) is 6.39 Å². The van der Waals surface area contributed by atoms with Crippen LogP contribution in [0.2, 0.25) is 0 Å². The van der Waals surface area contributed by atoms with Gasteiger partial charge in [-0.15, -0.1) is 10.2 Å². The van der Waals surface area contributed by atoms with Gasteiger partial charge < -0.3 is 8.98 Å². The quantitative estimate of drug-likeness (QED) is 0.655. The van der Waals surface area contributed by atoms with Gasteiger partial charge in [0.2, 0.25) is 5.82 Å². The molecule has 0 radical (unpaired) electrons. The predicted molar refractivity (Wildman–Crippen MR) is 46.0 cm³/mol. The Balaban J connectivity index is 2.59. The van der Waals surface area contributed by atoms with Crippen LogP contribution in [0.15, 0.2) is 10.8 Å². The standard InChI is InChI=1S/C8H10N4O/c1-5-7(13-4-9-5)8-11-10-6(2)12(8)3/h4H,1-3H3. The lowest BCUT2D eigenvalue weighted by Gasteiger charge is -1.97. The summed E-state index contributed by atoms with van der Waals surface area (Å²) >= 11 is 0. The lowest BCUT2D eigenvalue weighted by molar-refractivity contribution is 0.563. The molecule has 13 heavy (non-hydrogen) atoms. The second kappa shape index (κ2) is 2.69. The molecule has 0 unspecified atom stereocenters. The van der Waals surface area contributed by atoms with Crippen LogP contribution in [0.1, 0.15) is 11.5 Å². The molecule has 0 aliphatic heterocycles. The van der Waals surface area contributed by atoms with Crippen molar-refractivity contribution in [3.63, 3.8) is 0 Å². The summed E-state index contributed by atoms with van der Waals surface area (Å²) < 4.78 is 7.08. The van der Waals surface area contributed by atoms with Gasteiger partial charge in [-0.2, -0.15) is 0 Å². The predicted octanol–water partition coefficient (Wildman–Crippen LogP) is 1.09. The van der Waals surface area contributed by atoms with Gasteiger partial charge in [-0.1, -0.05) is 0 Å². The largest absolute Gasteiger partial charge is 0.440 e. The lowest BCUT2D eigenvalue weighted by atomic mass is 10.3. The number of aromatic nitrogens is 4. The maximum atomic E-state index is 5.21. The third-order valence-corrected chi connectivity index (χ3v) is 2.04. The van der Waals surface area contributed by atoms with Crippen LogP contribution in [0.3, 0.4) is 0 Å². The lowest BCUT2D eigenvalue weighted by Crippen LogP contribution is -1.94. The second-order valence-electron chi connectivity index (χ2n) is 2.90. The maximum Gasteiger partial charge on any atom is 0.201 e. The molecule has 0 spiro atoms. The summed E-state index contributed by atoms with van der Waals surface area (Å²) in [5.41, 5.74) is 0.829. The van der Waals surface area contributed by atoms with Crippen LogP contribution in [-0.4, -0.2) is 19.7 Å². The van der Waals surface area contributed by atoms with Crippen molar-refractivity contribution >= 4 is 0 Å². The van der Waals surface area contributed by atoms with Crippen molar-refractivity contribution in [3.05, 3.63) is 17.9 Å². The monoisotopic (exact) mass is 178 g/mol. The zero-order valence-corrected chi connectivity index (χ0v) is 7.77. The van der Waals surface area contributed by atoms with Crippen molar-refractivity contribution < 1.29 is 4.42 Å². The Kier molecular flexibility index (Phi) is 1.65. The molecule has 0 atom stereocenters. The molecule has 2 heterocycles. The molecule has 0 saturated carbocycles.